The van der Waals surface area contributed by atoms with Crippen molar-refractivity contribution < 1.29 is 12.8 Å². The van der Waals surface area contributed by atoms with E-state index in [1.807, 2.05) is 6.92 Å². The fraction of sp³-hybridized carbons (Fsp3) is 0.233. The van der Waals surface area contributed by atoms with Crippen LogP contribution < -0.4 is 16.0 Å². The molecule has 9 nitrogen and oxygen atoms in total. The Morgan fingerprint density at radius 3 is 2.42 bits per heavy atom. The van der Waals surface area contributed by atoms with E-state index in [4.69, 9.17) is 23.2 Å². The number of aryl methyl sites for hydroxylation is 2. The van der Waals surface area contributed by atoms with Gasteiger partial charge in [-0.1, -0.05) is 66.9 Å². The van der Waals surface area contributed by atoms with Crippen molar-refractivity contribution in [3.05, 3.63) is 120 Å². The first-order chi connectivity index (χ1) is 20.5. The Morgan fingerprint density at radius 2 is 1.74 bits per heavy atom. The van der Waals surface area contributed by atoms with Gasteiger partial charge in [-0.3, -0.25) is 18.7 Å². The van der Waals surface area contributed by atoms with Crippen LogP contribution >= 0.6 is 23.2 Å². The second-order valence-corrected chi connectivity index (χ2v) is 12.6. The number of aromatic amines is 1. The average molecular weight is 645 g/mol. The summed E-state index contributed by atoms with van der Waals surface area (Å²) in [6, 6.07) is 15.6. The van der Waals surface area contributed by atoms with Crippen molar-refractivity contribution in [2.24, 2.45) is 0 Å². The van der Waals surface area contributed by atoms with Crippen LogP contribution in [0.2, 0.25) is 10.0 Å². The molecule has 2 heterocycles. The molecular weight excluding hydrogens is 616 g/mol. The second-order valence-electron chi connectivity index (χ2n) is 10.2. The van der Waals surface area contributed by atoms with Gasteiger partial charge in [0.2, 0.25) is 0 Å². The molecule has 0 saturated carbocycles. The zero-order valence-corrected chi connectivity index (χ0v) is 25.7. The van der Waals surface area contributed by atoms with Crippen LogP contribution in [0.25, 0.3) is 11.2 Å². The van der Waals surface area contributed by atoms with E-state index in [0.29, 0.717) is 35.1 Å². The van der Waals surface area contributed by atoms with Gasteiger partial charge < -0.3 is 4.98 Å². The molecule has 2 aromatic heterocycles. The van der Waals surface area contributed by atoms with Crippen LogP contribution in [-0.4, -0.2) is 27.5 Å². The van der Waals surface area contributed by atoms with Crippen molar-refractivity contribution in [1.82, 2.24) is 19.1 Å². The molecule has 0 unspecified atom stereocenters. The minimum absolute atomic E-state index is 0.0179. The van der Waals surface area contributed by atoms with E-state index in [-0.39, 0.29) is 39.6 Å². The number of nitrogens with zero attached hydrogens (tertiary/aromatic N) is 3. The quantitative estimate of drug-likeness (QED) is 0.197. The van der Waals surface area contributed by atoms with Crippen molar-refractivity contribution in [3.8, 4) is 0 Å². The number of hydrogen-bond donors (Lipinski definition) is 2. The van der Waals surface area contributed by atoms with Crippen LogP contribution in [0.15, 0.2) is 75.1 Å². The van der Waals surface area contributed by atoms with Crippen molar-refractivity contribution in [2.45, 2.75) is 51.1 Å². The molecule has 0 atom stereocenters. The topological polar surface area (TPSA) is 119 Å². The lowest BCUT2D eigenvalue weighted by Gasteiger charge is -2.12. The van der Waals surface area contributed by atoms with Gasteiger partial charge >= 0.3 is 5.69 Å². The van der Waals surface area contributed by atoms with Gasteiger partial charge in [0.15, 0.2) is 5.65 Å². The van der Waals surface area contributed by atoms with Crippen molar-refractivity contribution >= 4 is 50.1 Å². The van der Waals surface area contributed by atoms with E-state index >= 15 is 0 Å². The van der Waals surface area contributed by atoms with E-state index in [1.165, 1.54) is 28.8 Å². The minimum Gasteiger partial charge on any atom is -0.336 e. The van der Waals surface area contributed by atoms with Crippen LogP contribution in [0.1, 0.15) is 42.3 Å². The number of halogens is 3. The Bertz CT molecular complexity index is 2030. The summed E-state index contributed by atoms with van der Waals surface area (Å²) in [5.41, 5.74) is 0.990. The molecule has 0 fully saturated rings. The molecule has 13 heteroatoms. The van der Waals surface area contributed by atoms with Crippen LogP contribution in [0.5, 0.6) is 0 Å². The van der Waals surface area contributed by atoms with Crippen LogP contribution in [0, 0.1) is 12.7 Å². The predicted octanol–water partition coefficient (Wildman–Crippen LogP) is 5.88. The van der Waals surface area contributed by atoms with E-state index in [2.05, 4.69) is 14.7 Å². The van der Waals surface area contributed by atoms with Crippen molar-refractivity contribution in [2.75, 3.05) is 4.72 Å². The Kier molecular flexibility index (Phi) is 8.77. The van der Waals surface area contributed by atoms with Gasteiger partial charge in [0, 0.05) is 29.2 Å². The maximum atomic E-state index is 14.4. The first-order valence-corrected chi connectivity index (χ1v) is 15.8. The molecule has 5 rings (SSSR count). The fourth-order valence-electron chi connectivity index (χ4n) is 4.87. The number of aromatic nitrogens is 4. The van der Waals surface area contributed by atoms with Gasteiger partial charge in [-0.25, -0.2) is 22.6 Å². The van der Waals surface area contributed by atoms with Crippen molar-refractivity contribution in [1.29, 1.82) is 0 Å². The lowest BCUT2D eigenvalue weighted by molar-refractivity contribution is 0.553. The number of H-pyrrole nitrogens is 1. The molecule has 224 valence electrons. The van der Waals surface area contributed by atoms with Gasteiger partial charge in [0.1, 0.15) is 22.1 Å². The fourth-order valence-corrected chi connectivity index (χ4v) is 7.12. The molecule has 0 aliphatic carbocycles. The number of benzene rings is 3. The lowest BCUT2D eigenvalue weighted by Crippen LogP contribution is -2.40. The molecule has 5 aromatic rings. The molecule has 0 spiro atoms. The smallest absolute Gasteiger partial charge is 0.333 e. The Morgan fingerprint density at radius 1 is 1.02 bits per heavy atom. The molecule has 0 radical (unpaired) electrons. The largest absolute Gasteiger partial charge is 0.336 e. The highest BCUT2D eigenvalue weighted by molar-refractivity contribution is 7.92. The number of unbranched alkanes of at least 4 members (excludes halogenated alkanes) is 1. The summed E-state index contributed by atoms with van der Waals surface area (Å²) < 4.78 is 45.4. The standard InChI is InChI=1S/C30H28Cl2FN5O4S/c1-3-4-13-37-28-26(29(39)38(30(37)40)17-20-7-5-6-8-24(20)33)34-25(35-28)15-19-9-11-22(12-10-19)36-43(41,42)27-18(2)14-21(31)16-23(27)32/h5-12,14,16,36H,3-4,13,15,17H2,1-2H3,(H,34,35). The third-order valence-corrected chi connectivity index (χ3v) is 9.18. The Hall–Kier alpha value is -3.93. The number of hydrogen-bond acceptors (Lipinski definition) is 5. The first kappa shape index (κ1) is 30.5. The highest BCUT2D eigenvalue weighted by Gasteiger charge is 2.22. The number of rotatable bonds is 10. The SMILES string of the molecule is CCCCn1c(=O)n(Cc2ccccc2F)c(=O)c2[nH]c(Cc3ccc(NS(=O)(=O)c4c(C)cc(Cl)cc4Cl)cc3)nc21. The Labute approximate surface area is 257 Å². The van der Waals surface area contributed by atoms with Gasteiger partial charge in [0.05, 0.1) is 11.6 Å². The molecule has 0 bridgehead atoms. The van der Waals surface area contributed by atoms with Crippen LogP contribution in [-0.2, 0) is 29.5 Å². The number of nitrogens with one attached hydrogen (secondary N) is 2. The predicted molar refractivity (Wildman–Crippen MR) is 166 cm³/mol. The first-order valence-electron chi connectivity index (χ1n) is 13.5. The van der Waals surface area contributed by atoms with Crippen LogP contribution in [0.3, 0.4) is 0 Å². The van der Waals surface area contributed by atoms with Gasteiger partial charge in [-0.05, 0) is 54.8 Å². The number of sulfonamides is 1. The molecular formula is C30H28Cl2FN5O4S. The van der Waals surface area contributed by atoms with Gasteiger partial charge in [-0.2, -0.15) is 0 Å². The van der Waals surface area contributed by atoms with Crippen molar-refractivity contribution in [3.63, 3.8) is 0 Å². The molecule has 43 heavy (non-hydrogen) atoms. The van der Waals surface area contributed by atoms with Crippen LogP contribution in [0.4, 0.5) is 10.1 Å². The van der Waals surface area contributed by atoms with E-state index < -0.39 is 27.1 Å². The normalized spacial score (nSPS) is 11.7. The maximum Gasteiger partial charge on any atom is 0.333 e. The molecule has 3 aromatic carbocycles. The minimum atomic E-state index is -3.98. The number of imidazole rings is 1. The van der Waals surface area contributed by atoms with E-state index in [1.54, 1.807) is 43.3 Å². The monoisotopic (exact) mass is 643 g/mol. The maximum absolute atomic E-state index is 14.4. The highest BCUT2D eigenvalue weighted by atomic mass is 35.5. The lowest BCUT2D eigenvalue weighted by atomic mass is 10.1. The molecule has 0 saturated heterocycles. The molecule has 0 amide bonds. The van der Waals surface area contributed by atoms with Gasteiger partial charge in [-0.15, -0.1) is 0 Å². The number of fused-ring (bicyclic) bond motifs is 1. The summed E-state index contributed by atoms with van der Waals surface area (Å²) in [6.07, 6.45) is 1.78. The summed E-state index contributed by atoms with van der Waals surface area (Å²) in [5.74, 6) is -0.0614. The molecule has 0 aliphatic heterocycles. The average Bonchev–Trinajstić information content (AvgIpc) is 3.36. The van der Waals surface area contributed by atoms with E-state index in [0.717, 1.165) is 16.6 Å². The third-order valence-electron chi connectivity index (χ3n) is 6.97. The number of anilines is 1. The summed E-state index contributed by atoms with van der Waals surface area (Å²) in [5, 5.41) is 0.354. The zero-order valence-electron chi connectivity index (χ0n) is 23.3. The molecule has 0 aliphatic rings. The third kappa shape index (κ3) is 6.39. The summed E-state index contributed by atoms with van der Waals surface area (Å²) >= 11 is 12.2. The molecule has 2 N–H and O–H groups in total. The second kappa shape index (κ2) is 12.4. The zero-order chi connectivity index (χ0) is 30.9. The summed E-state index contributed by atoms with van der Waals surface area (Å²) in [7, 11) is -3.98. The van der Waals surface area contributed by atoms with E-state index in [9.17, 15) is 22.4 Å². The summed E-state index contributed by atoms with van der Waals surface area (Å²) in [6.45, 7) is 3.74. The summed E-state index contributed by atoms with van der Waals surface area (Å²) in [4.78, 5) is 34.4. The highest BCUT2D eigenvalue weighted by Crippen LogP contribution is 2.30. The van der Waals surface area contributed by atoms with Gasteiger partial charge in [0.25, 0.3) is 15.6 Å². The Balaban J connectivity index is 1.44.